The topological polar surface area (TPSA) is 26.0 Å². The number of rotatable bonds is 1. The Morgan fingerprint density at radius 1 is 1.00 bits per heavy atom. The fraction of sp³-hybridized carbons (Fsp3) is 1.00. The highest BCUT2D eigenvalue weighted by Crippen LogP contribution is 2.61. The molecule has 1 nitrogen and oxygen atoms in total. The summed E-state index contributed by atoms with van der Waals surface area (Å²) in [6.07, 6.45) is -10.6. The van der Waals surface area contributed by atoms with E-state index in [0.717, 1.165) is 0 Å². The molecule has 1 aliphatic rings. The van der Waals surface area contributed by atoms with Gasteiger partial charge in [0.15, 0.2) is 5.92 Å². The number of nitrogens with two attached hydrogens (primary N) is 1. The first-order valence-electron chi connectivity index (χ1n) is 4.29. The second-order valence-electron chi connectivity index (χ2n) is 4.43. The fourth-order valence-corrected chi connectivity index (χ4v) is 1.95. The number of halogens is 6. The molecule has 7 heteroatoms. The zero-order valence-electron chi connectivity index (χ0n) is 8.08. The molecule has 0 heterocycles. The lowest BCUT2D eigenvalue weighted by Gasteiger charge is -2.24. The lowest BCUT2D eigenvalue weighted by Crippen LogP contribution is -2.40. The van der Waals surface area contributed by atoms with Crippen LogP contribution in [0.3, 0.4) is 0 Å². The van der Waals surface area contributed by atoms with E-state index in [-0.39, 0.29) is 0 Å². The van der Waals surface area contributed by atoms with Crippen LogP contribution >= 0.6 is 0 Å². The van der Waals surface area contributed by atoms with Crippen molar-refractivity contribution >= 4 is 0 Å². The molecular weight excluding hydrogens is 224 g/mol. The molecule has 0 aromatic rings. The van der Waals surface area contributed by atoms with Crippen LogP contribution in [0, 0.1) is 17.3 Å². The average molecular weight is 235 g/mol. The van der Waals surface area contributed by atoms with Gasteiger partial charge in [-0.15, -0.1) is 0 Å². The molecule has 15 heavy (non-hydrogen) atoms. The zero-order valence-corrected chi connectivity index (χ0v) is 8.08. The molecule has 0 radical (unpaired) electrons. The van der Waals surface area contributed by atoms with E-state index in [9.17, 15) is 26.3 Å². The Morgan fingerprint density at radius 3 is 1.33 bits per heavy atom. The second kappa shape index (κ2) is 3.02. The van der Waals surface area contributed by atoms with Crippen LogP contribution in [0.25, 0.3) is 0 Å². The minimum atomic E-state index is -5.28. The molecule has 1 fully saturated rings. The van der Waals surface area contributed by atoms with E-state index in [1.807, 2.05) is 0 Å². The third-order valence-corrected chi connectivity index (χ3v) is 3.06. The van der Waals surface area contributed by atoms with E-state index in [2.05, 4.69) is 0 Å². The van der Waals surface area contributed by atoms with Crippen LogP contribution in [0.2, 0.25) is 0 Å². The van der Waals surface area contributed by atoms with E-state index < -0.39 is 35.6 Å². The average Bonchev–Trinajstić information content (AvgIpc) is 2.32. The summed E-state index contributed by atoms with van der Waals surface area (Å²) >= 11 is 0. The summed E-state index contributed by atoms with van der Waals surface area (Å²) in [6.45, 7) is 2.62. The summed E-state index contributed by atoms with van der Waals surface area (Å²) in [7, 11) is 0. The molecule has 1 aliphatic carbocycles. The highest BCUT2D eigenvalue weighted by atomic mass is 19.4. The van der Waals surface area contributed by atoms with Crippen LogP contribution in [0.5, 0.6) is 0 Å². The van der Waals surface area contributed by atoms with Crippen molar-refractivity contribution in [3.05, 3.63) is 0 Å². The van der Waals surface area contributed by atoms with Gasteiger partial charge in [0, 0.05) is 12.0 Å². The maximum atomic E-state index is 12.2. The lowest BCUT2D eigenvalue weighted by atomic mass is 9.96. The Hall–Kier alpha value is -0.460. The van der Waals surface area contributed by atoms with Gasteiger partial charge in [0.25, 0.3) is 0 Å². The molecule has 90 valence electrons. The highest BCUT2D eigenvalue weighted by molar-refractivity contribution is 5.13. The van der Waals surface area contributed by atoms with Gasteiger partial charge >= 0.3 is 12.4 Å². The van der Waals surface area contributed by atoms with Crippen molar-refractivity contribution in [3.63, 3.8) is 0 Å². The summed E-state index contributed by atoms with van der Waals surface area (Å²) in [5.41, 5.74) is 4.14. The fourth-order valence-electron chi connectivity index (χ4n) is 1.95. The summed E-state index contributed by atoms with van der Waals surface area (Å²) in [6, 6.07) is -1.05. The summed E-state index contributed by atoms with van der Waals surface area (Å²) < 4.78 is 73.5. The Labute approximate surface area is 82.6 Å². The molecular formula is C8H11F6N. The molecule has 2 atom stereocenters. The molecule has 0 saturated heterocycles. The monoisotopic (exact) mass is 235 g/mol. The normalized spacial score (nSPS) is 30.8. The molecule has 1 rings (SSSR count). The minimum absolute atomic E-state index is 1.05. The third-order valence-electron chi connectivity index (χ3n) is 3.06. The first kappa shape index (κ1) is 12.6. The van der Waals surface area contributed by atoms with Gasteiger partial charge in [-0.1, -0.05) is 13.8 Å². The Bertz CT molecular complexity index is 239. The molecule has 0 spiro atoms. The van der Waals surface area contributed by atoms with Gasteiger partial charge in [-0.3, -0.25) is 0 Å². The first-order valence-corrected chi connectivity index (χ1v) is 4.29. The van der Waals surface area contributed by atoms with Gasteiger partial charge in [0.05, 0.1) is 0 Å². The lowest BCUT2D eigenvalue weighted by molar-refractivity contribution is -0.292. The molecule has 0 bridgehead atoms. The SMILES string of the molecule is CC1(C)C(N)C1C(C(F)(F)F)C(F)(F)F. The Balaban J connectivity index is 2.97. The van der Waals surface area contributed by atoms with Crippen LogP contribution in [-0.4, -0.2) is 18.4 Å². The van der Waals surface area contributed by atoms with Gasteiger partial charge in [0.2, 0.25) is 0 Å². The van der Waals surface area contributed by atoms with Crippen LogP contribution < -0.4 is 5.73 Å². The van der Waals surface area contributed by atoms with Crippen molar-refractivity contribution < 1.29 is 26.3 Å². The largest absolute Gasteiger partial charge is 0.400 e. The van der Waals surface area contributed by atoms with E-state index in [1.54, 1.807) is 0 Å². The molecule has 2 N–H and O–H groups in total. The highest BCUT2D eigenvalue weighted by Gasteiger charge is 2.72. The summed E-state index contributed by atoms with van der Waals surface area (Å²) in [5, 5.41) is 0. The van der Waals surface area contributed by atoms with Crippen molar-refractivity contribution in [2.24, 2.45) is 23.0 Å². The third kappa shape index (κ3) is 2.07. The number of hydrogen-bond donors (Lipinski definition) is 1. The Kier molecular flexibility index (Phi) is 2.54. The van der Waals surface area contributed by atoms with Crippen LogP contribution in [0.4, 0.5) is 26.3 Å². The van der Waals surface area contributed by atoms with E-state index in [4.69, 9.17) is 5.73 Å². The molecule has 2 unspecified atom stereocenters. The van der Waals surface area contributed by atoms with Gasteiger partial charge < -0.3 is 5.73 Å². The minimum Gasteiger partial charge on any atom is -0.327 e. The predicted octanol–water partition coefficient (Wildman–Crippen LogP) is 2.71. The maximum absolute atomic E-state index is 12.2. The standard InChI is InChI=1S/C8H11F6N/c1-6(2)3(5(6)15)4(7(9,10)11)8(12,13)14/h3-5H,15H2,1-2H3. The van der Waals surface area contributed by atoms with E-state index in [1.165, 1.54) is 13.8 Å². The van der Waals surface area contributed by atoms with Crippen LogP contribution in [0.1, 0.15) is 13.8 Å². The van der Waals surface area contributed by atoms with Crippen molar-refractivity contribution in [3.8, 4) is 0 Å². The predicted molar refractivity (Wildman–Crippen MR) is 40.8 cm³/mol. The quantitative estimate of drug-likeness (QED) is 0.695. The van der Waals surface area contributed by atoms with Crippen molar-refractivity contribution in [1.82, 2.24) is 0 Å². The smallest absolute Gasteiger partial charge is 0.327 e. The molecule has 0 aliphatic heterocycles. The number of hydrogen-bond acceptors (Lipinski definition) is 1. The van der Waals surface area contributed by atoms with Crippen molar-refractivity contribution in [2.75, 3.05) is 0 Å². The summed E-state index contributed by atoms with van der Waals surface area (Å²) in [4.78, 5) is 0. The first-order chi connectivity index (χ1) is 6.40. The second-order valence-corrected chi connectivity index (χ2v) is 4.43. The molecule has 1 saturated carbocycles. The van der Waals surface area contributed by atoms with Gasteiger partial charge in [-0.25, -0.2) is 0 Å². The van der Waals surface area contributed by atoms with Crippen molar-refractivity contribution in [2.45, 2.75) is 32.2 Å². The van der Waals surface area contributed by atoms with Crippen molar-refractivity contribution in [1.29, 1.82) is 0 Å². The van der Waals surface area contributed by atoms with Crippen LogP contribution in [-0.2, 0) is 0 Å². The molecule has 0 amide bonds. The molecule has 0 aromatic heterocycles. The van der Waals surface area contributed by atoms with E-state index in [0.29, 0.717) is 0 Å². The van der Waals surface area contributed by atoms with Gasteiger partial charge in [-0.05, 0) is 5.41 Å². The van der Waals surface area contributed by atoms with E-state index >= 15 is 0 Å². The van der Waals surface area contributed by atoms with Gasteiger partial charge in [0.1, 0.15) is 0 Å². The van der Waals surface area contributed by atoms with Crippen LogP contribution in [0.15, 0.2) is 0 Å². The number of alkyl halides is 6. The molecule has 0 aromatic carbocycles. The Morgan fingerprint density at radius 2 is 1.27 bits per heavy atom. The van der Waals surface area contributed by atoms with Gasteiger partial charge in [-0.2, -0.15) is 26.3 Å². The maximum Gasteiger partial charge on any atom is 0.400 e. The zero-order chi connectivity index (χ0) is 12.2. The summed E-state index contributed by atoms with van der Waals surface area (Å²) in [5.74, 6) is -4.88.